The fourth-order valence-electron chi connectivity index (χ4n) is 2.59. The minimum atomic E-state index is -4.23. The molecule has 0 aromatic carbocycles. The van der Waals surface area contributed by atoms with Crippen molar-refractivity contribution < 1.29 is 18.3 Å². The minimum Gasteiger partial charge on any atom is -0.389 e. The van der Waals surface area contributed by atoms with E-state index in [2.05, 4.69) is 10.3 Å². The van der Waals surface area contributed by atoms with Crippen molar-refractivity contribution in [2.75, 3.05) is 0 Å². The van der Waals surface area contributed by atoms with Gasteiger partial charge in [-0.2, -0.15) is 13.2 Å². The number of aryl methyl sites for hydroxylation is 1. The molecule has 1 aliphatic rings. The van der Waals surface area contributed by atoms with E-state index in [4.69, 9.17) is 0 Å². The Balaban J connectivity index is 2.06. The van der Waals surface area contributed by atoms with Crippen LogP contribution in [0.25, 0.3) is 0 Å². The molecule has 18 heavy (non-hydrogen) atoms. The number of halogens is 3. The topological polar surface area (TPSA) is 50.9 Å². The van der Waals surface area contributed by atoms with E-state index >= 15 is 0 Å². The Hall–Kier alpha value is -1.11. The quantitative estimate of drug-likeness (QED) is 0.885. The van der Waals surface area contributed by atoms with E-state index < -0.39 is 17.7 Å². The Morgan fingerprint density at radius 2 is 2.28 bits per heavy atom. The van der Waals surface area contributed by atoms with Crippen LogP contribution in [0.3, 0.4) is 0 Å². The van der Waals surface area contributed by atoms with Crippen molar-refractivity contribution in [3.63, 3.8) is 0 Å². The zero-order valence-corrected chi connectivity index (χ0v) is 10.1. The zero-order chi connectivity index (χ0) is 13.4. The summed E-state index contributed by atoms with van der Waals surface area (Å²) in [4.78, 5) is 0. The molecule has 1 aromatic rings. The first-order valence-electron chi connectivity index (χ1n) is 5.93. The van der Waals surface area contributed by atoms with Gasteiger partial charge >= 0.3 is 6.18 Å². The predicted octanol–water partition coefficient (Wildman–Crippen LogP) is 1.84. The summed E-state index contributed by atoms with van der Waals surface area (Å²) < 4.78 is 39.5. The van der Waals surface area contributed by atoms with Crippen LogP contribution in [0.1, 0.15) is 31.4 Å². The summed E-state index contributed by atoms with van der Waals surface area (Å²) in [6.45, 7) is 0. The Morgan fingerprint density at radius 3 is 2.83 bits per heavy atom. The molecular formula is C11H16F3N3O. The molecule has 0 radical (unpaired) electrons. The summed E-state index contributed by atoms with van der Waals surface area (Å²) in [5.74, 6) is -1.41. The molecule has 2 unspecified atom stereocenters. The summed E-state index contributed by atoms with van der Waals surface area (Å²) in [6.07, 6.45) is -1.84. The molecule has 0 saturated heterocycles. The Bertz CT molecular complexity index is 418. The third kappa shape index (κ3) is 3.01. The Morgan fingerprint density at radius 1 is 1.56 bits per heavy atom. The second-order valence-electron chi connectivity index (χ2n) is 5.12. The number of rotatable bonds is 2. The van der Waals surface area contributed by atoms with Crippen LogP contribution < -0.4 is 0 Å². The molecule has 0 spiro atoms. The summed E-state index contributed by atoms with van der Waals surface area (Å²) in [5.41, 5.74) is -0.781. The first kappa shape index (κ1) is 13.3. The highest BCUT2D eigenvalue weighted by Gasteiger charge is 2.47. The number of aromatic nitrogens is 3. The van der Waals surface area contributed by atoms with E-state index in [-0.39, 0.29) is 19.3 Å². The molecule has 0 aliphatic heterocycles. The lowest BCUT2D eigenvalue weighted by molar-refractivity contribution is -0.200. The average Bonchev–Trinajstić information content (AvgIpc) is 2.62. The van der Waals surface area contributed by atoms with Crippen LogP contribution in [0.2, 0.25) is 0 Å². The number of nitrogens with zero attached hydrogens (tertiary/aromatic N) is 3. The molecule has 1 saturated carbocycles. The molecule has 1 heterocycles. The third-order valence-corrected chi connectivity index (χ3v) is 3.44. The van der Waals surface area contributed by atoms with Gasteiger partial charge < -0.3 is 5.11 Å². The molecular weight excluding hydrogens is 247 g/mol. The van der Waals surface area contributed by atoms with E-state index in [1.165, 1.54) is 4.68 Å². The highest BCUT2D eigenvalue weighted by Crippen LogP contribution is 2.42. The maximum Gasteiger partial charge on any atom is 0.391 e. The smallest absolute Gasteiger partial charge is 0.389 e. The van der Waals surface area contributed by atoms with Crippen molar-refractivity contribution >= 4 is 0 Å². The number of alkyl halides is 3. The van der Waals surface area contributed by atoms with Gasteiger partial charge in [-0.05, 0) is 25.7 Å². The lowest BCUT2D eigenvalue weighted by Crippen LogP contribution is -2.42. The van der Waals surface area contributed by atoms with Crippen LogP contribution in [-0.2, 0) is 13.5 Å². The maximum atomic E-state index is 12.7. The van der Waals surface area contributed by atoms with Gasteiger partial charge in [0.1, 0.15) is 0 Å². The first-order chi connectivity index (χ1) is 8.28. The first-order valence-corrected chi connectivity index (χ1v) is 5.93. The van der Waals surface area contributed by atoms with Crippen molar-refractivity contribution in [3.05, 3.63) is 11.9 Å². The fraction of sp³-hybridized carbons (Fsp3) is 0.818. The molecule has 0 amide bonds. The molecule has 7 heteroatoms. The fourth-order valence-corrected chi connectivity index (χ4v) is 2.59. The van der Waals surface area contributed by atoms with Crippen molar-refractivity contribution in [3.8, 4) is 0 Å². The molecule has 1 aromatic heterocycles. The summed E-state index contributed by atoms with van der Waals surface area (Å²) in [7, 11) is 1.68. The summed E-state index contributed by atoms with van der Waals surface area (Å²) >= 11 is 0. The largest absolute Gasteiger partial charge is 0.391 e. The van der Waals surface area contributed by atoms with Crippen LogP contribution in [0.15, 0.2) is 6.20 Å². The van der Waals surface area contributed by atoms with Gasteiger partial charge in [-0.3, -0.25) is 4.68 Å². The normalized spacial score (nSPS) is 29.5. The third-order valence-electron chi connectivity index (χ3n) is 3.44. The molecule has 2 atom stereocenters. The highest BCUT2D eigenvalue weighted by molar-refractivity contribution is 5.02. The molecule has 2 rings (SSSR count). The number of aliphatic hydroxyl groups is 1. The van der Waals surface area contributed by atoms with E-state index in [0.29, 0.717) is 18.5 Å². The van der Waals surface area contributed by atoms with Gasteiger partial charge in [0, 0.05) is 19.7 Å². The molecule has 0 bridgehead atoms. The molecule has 1 fully saturated rings. The lowest BCUT2D eigenvalue weighted by atomic mass is 9.75. The van der Waals surface area contributed by atoms with Crippen LogP contribution in [0.5, 0.6) is 0 Å². The van der Waals surface area contributed by atoms with Gasteiger partial charge in [-0.15, -0.1) is 5.10 Å². The van der Waals surface area contributed by atoms with Crippen LogP contribution >= 0.6 is 0 Å². The molecule has 4 nitrogen and oxygen atoms in total. The lowest BCUT2D eigenvalue weighted by Gasteiger charge is -2.37. The van der Waals surface area contributed by atoms with E-state index in [1.54, 1.807) is 13.2 Å². The van der Waals surface area contributed by atoms with Gasteiger partial charge in [0.25, 0.3) is 0 Å². The van der Waals surface area contributed by atoms with Gasteiger partial charge in [0.05, 0.1) is 17.2 Å². The predicted molar refractivity (Wildman–Crippen MR) is 57.7 cm³/mol. The minimum absolute atomic E-state index is 0.103. The Kier molecular flexibility index (Phi) is 3.35. The van der Waals surface area contributed by atoms with Crippen molar-refractivity contribution in [1.82, 2.24) is 15.0 Å². The van der Waals surface area contributed by atoms with Gasteiger partial charge in [0.2, 0.25) is 0 Å². The van der Waals surface area contributed by atoms with E-state index in [9.17, 15) is 18.3 Å². The monoisotopic (exact) mass is 263 g/mol. The molecule has 1 N–H and O–H groups in total. The van der Waals surface area contributed by atoms with Gasteiger partial charge in [-0.25, -0.2) is 0 Å². The second-order valence-corrected chi connectivity index (χ2v) is 5.12. The van der Waals surface area contributed by atoms with Crippen molar-refractivity contribution in [1.29, 1.82) is 0 Å². The average molecular weight is 263 g/mol. The van der Waals surface area contributed by atoms with E-state index in [0.717, 1.165) is 0 Å². The second kappa shape index (κ2) is 4.53. The van der Waals surface area contributed by atoms with E-state index in [1.807, 2.05) is 0 Å². The molecule has 1 aliphatic carbocycles. The van der Waals surface area contributed by atoms with Crippen molar-refractivity contribution in [2.24, 2.45) is 13.0 Å². The highest BCUT2D eigenvalue weighted by atomic mass is 19.4. The maximum absolute atomic E-state index is 12.7. The Labute approximate surface area is 103 Å². The van der Waals surface area contributed by atoms with Crippen LogP contribution in [0.4, 0.5) is 13.2 Å². The number of hydrogen-bond donors (Lipinski definition) is 1. The standard InChI is InChI=1S/C11H16F3N3O/c1-17-7-9(15-16-17)6-10(18)4-2-3-8(5-10)11(12,13)14/h7-8,18H,2-6H2,1H3. The number of hydrogen-bond acceptors (Lipinski definition) is 3. The SMILES string of the molecule is Cn1cc(CC2(O)CCCC(C(F)(F)F)C2)nn1. The van der Waals surface area contributed by atoms with Gasteiger partial charge in [0.15, 0.2) is 0 Å². The summed E-state index contributed by atoms with van der Waals surface area (Å²) in [5, 5.41) is 17.8. The zero-order valence-electron chi connectivity index (χ0n) is 10.1. The van der Waals surface area contributed by atoms with Crippen LogP contribution in [-0.4, -0.2) is 31.9 Å². The van der Waals surface area contributed by atoms with Gasteiger partial charge in [-0.1, -0.05) is 5.21 Å². The van der Waals surface area contributed by atoms with Crippen LogP contribution in [0, 0.1) is 5.92 Å². The molecule has 102 valence electrons. The summed E-state index contributed by atoms with van der Waals surface area (Å²) in [6, 6.07) is 0. The van der Waals surface area contributed by atoms with Crippen molar-refractivity contribution in [2.45, 2.75) is 43.9 Å².